The van der Waals surface area contributed by atoms with Crippen LogP contribution >= 0.6 is 11.6 Å². The highest BCUT2D eigenvalue weighted by Gasteiger charge is 2.17. The minimum Gasteiger partial charge on any atom is -0.394 e. The topological polar surface area (TPSA) is 58.3 Å². The summed E-state index contributed by atoms with van der Waals surface area (Å²) < 4.78 is 0. The second kappa shape index (κ2) is 6.02. The van der Waals surface area contributed by atoms with Crippen LogP contribution in [-0.2, 0) is 0 Å². The summed E-state index contributed by atoms with van der Waals surface area (Å²) in [6.45, 7) is 5.96. The van der Waals surface area contributed by atoms with E-state index in [0.29, 0.717) is 17.5 Å². The third-order valence-electron chi connectivity index (χ3n) is 2.54. The molecular weight excluding hydrogens is 238 g/mol. The summed E-state index contributed by atoms with van der Waals surface area (Å²) >= 11 is 5.81. The maximum atomic E-state index is 5.90. The molecule has 0 aliphatic rings. The Balaban J connectivity index is 2.96. The third kappa shape index (κ3) is 3.71. The minimum atomic E-state index is 0.227. The lowest BCUT2D eigenvalue weighted by Gasteiger charge is -2.31. The molecule has 0 aromatic carbocycles. The highest BCUT2D eigenvalue weighted by atomic mass is 35.5. The van der Waals surface area contributed by atoms with Crippen molar-refractivity contribution in [2.24, 2.45) is 0 Å². The summed E-state index contributed by atoms with van der Waals surface area (Å²) in [6.07, 6.45) is 1.55. The number of nitrogens with zero attached hydrogens (tertiary/aromatic N) is 4. The van der Waals surface area contributed by atoms with Gasteiger partial charge in [-0.2, -0.15) is 4.98 Å². The van der Waals surface area contributed by atoms with E-state index in [0.717, 1.165) is 13.1 Å². The Bertz CT molecular complexity index is 369. The number of hydrogen-bond donors (Lipinski definition) is 1. The van der Waals surface area contributed by atoms with E-state index in [1.54, 1.807) is 6.20 Å². The van der Waals surface area contributed by atoms with Gasteiger partial charge in [0.15, 0.2) is 5.82 Å². The van der Waals surface area contributed by atoms with Crippen molar-refractivity contribution in [3.63, 3.8) is 0 Å². The standard InChI is InChI=1S/C11H20ClN5/c1-5-17(8(2)7-16(3)4)10-9(13)6-14-11(12)15-10/h6,8H,5,7,13H2,1-4H3. The molecule has 0 saturated heterocycles. The van der Waals surface area contributed by atoms with Gasteiger partial charge in [0.2, 0.25) is 5.28 Å². The van der Waals surface area contributed by atoms with Crippen molar-refractivity contribution < 1.29 is 0 Å². The monoisotopic (exact) mass is 257 g/mol. The smallest absolute Gasteiger partial charge is 0.224 e. The average molecular weight is 258 g/mol. The van der Waals surface area contributed by atoms with E-state index in [1.165, 1.54) is 0 Å². The molecule has 5 nitrogen and oxygen atoms in total. The second-order valence-corrected chi connectivity index (χ2v) is 4.65. The highest BCUT2D eigenvalue weighted by Crippen LogP contribution is 2.22. The van der Waals surface area contributed by atoms with Crippen LogP contribution < -0.4 is 10.6 Å². The first kappa shape index (κ1) is 14.0. The number of aromatic nitrogens is 2. The number of halogens is 1. The summed E-state index contributed by atoms with van der Waals surface area (Å²) in [7, 11) is 4.08. The fraction of sp³-hybridized carbons (Fsp3) is 0.636. The molecule has 0 spiro atoms. The van der Waals surface area contributed by atoms with Crippen LogP contribution in [0.2, 0.25) is 5.28 Å². The first-order chi connectivity index (χ1) is 7.95. The summed E-state index contributed by atoms with van der Waals surface area (Å²) in [5.41, 5.74) is 6.45. The number of rotatable bonds is 5. The summed E-state index contributed by atoms with van der Waals surface area (Å²) in [6, 6.07) is 0.309. The molecule has 0 amide bonds. The van der Waals surface area contributed by atoms with Gasteiger partial charge in [-0.05, 0) is 39.5 Å². The van der Waals surface area contributed by atoms with Crippen molar-refractivity contribution in [2.75, 3.05) is 37.8 Å². The van der Waals surface area contributed by atoms with Gasteiger partial charge in [0.05, 0.1) is 11.9 Å². The molecule has 2 N–H and O–H groups in total. The number of nitrogens with two attached hydrogens (primary N) is 1. The molecule has 1 heterocycles. The average Bonchev–Trinajstić information content (AvgIpc) is 2.23. The Hall–Kier alpha value is -1.07. The van der Waals surface area contributed by atoms with Gasteiger partial charge in [0.1, 0.15) is 0 Å². The fourth-order valence-corrected chi connectivity index (χ4v) is 2.02. The van der Waals surface area contributed by atoms with Gasteiger partial charge < -0.3 is 15.5 Å². The Kier molecular flexibility index (Phi) is 4.96. The van der Waals surface area contributed by atoms with E-state index in [-0.39, 0.29) is 5.28 Å². The predicted octanol–water partition coefficient (Wildman–Crippen LogP) is 1.49. The van der Waals surface area contributed by atoms with E-state index in [4.69, 9.17) is 17.3 Å². The van der Waals surface area contributed by atoms with Crippen molar-refractivity contribution in [1.29, 1.82) is 0 Å². The highest BCUT2D eigenvalue weighted by molar-refractivity contribution is 6.28. The molecule has 96 valence electrons. The molecule has 0 bridgehead atoms. The third-order valence-corrected chi connectivity index (χ3v) is 2.72. The van der Waals surface area contributed by atoms with Crippen molar-refractivity contribution in [3.05, 3.63) is 11.5 Å². The van der Waals surface area contributed by atoms with E-state index < -0.39 is 0 Å². The Morgan fingerprint density at radius 1 is 1.47 bits per heavy atom. The SMILES string of the molecule is CCN(c1nc(Cl)ncc1N)C(C)CN(C)C. The quantitative estimate of drug-likeness (QED) is 0.810. The Morgan fingerprint density at radius 2 is 2.12 bits per heavy atom. The zero-order chi connectivity index (χ0) is 13.0. The van der Waals surface area contributed by atoms with Crippen LogP contribution in [-0.4, -0.2) is 48.1 Å². The van der Waals surface area contributed by atoms with Crippen molar-refractivity contribution in [3.8, 4) is 0 Å². The molecule has 0 radical (unpaired) electrons. The second-order valence-electron chi connectivity index (χ2n) is 4.32. The predicted molar refractivity (Wildman–Crippen MR) is 72.5 cm³/mol. The van der Waals surface area contributed by atoms with Gasteiger partial charge in [0.25, 0.3) is 0 Å². The van der Waals surface area contributed by atoms with Crippen LogP contribution in [0.4, 0.5) is 11.5 Å². The van der Waals surface area contributed by atoms with E-state index >= 15 is 0 Å². The number of anilines is 2. The van der Waals surface area contributed by atoms with Crippen LogP contribution in [0.3, 0.4) is 0 Å². The molecule has 6 heteroatoms. The molecule has 17 heavy (non-hydrogen) atoms. The molecule has 1 aromatic heterocycles. The van der Waals surface area contributed by atoms with Crippen molar-refractivity contribution in [1.82, 2.24) is 14.9 Å². The molecule has 0 aliphatic carbocycles. The lowest BCUT2D eigenvalue weighted by atomic mass is 10.2. The number of nitrogen functional groups attached to an aromatic ring is 1. The summed E-state index contributed by atoms with van der Waals surface area (Å²) in [5.74, 6) is 0.710. The van der Waals surface area contributed by atoms with Crippen LogP contribution in [0.15, 0.2) is 6.20 Å². The molecule has 0 saturated carbocycles. The summed E-state index contributed by atoms with van der Waals surface area (Å²) in [5, 5.41) is 0.227. The summed E-state index contributed by atoms with van der Waals surface area (Å²) in [4.78, 5) is 12.3. The van der Waals surface area contributed by atoms with E-state index in [2.05, 4.69) is 33.6 Å². The van der Waals surface area contributed by atoms with E-state index in [1.807, 2.05) is 14.1 Å². The van der Waals surface area contributed by atoms with Gasteiger partial charge in [0, 0.05) is 19.1 Å². The van der Waals surface area contributed by atoms with Gasteiger partial charge in [-0.3, -0.25) is 0 Å². The zero-order valence-electron chi connectivity index (χ0n) is 10.8. The van der Waals surface area contributed by atoms with Gasteiger partial charge in [-0.15, -0.1) is 0 Å². The maximum absolute atomic E-state index is 5.90. The Labute approximate surface area is 108 Å². The van der Waals surface area contributed by atoms with Gasteiger partial charge in [-0.25, -0.2) is 4.98 Å². The molecule has 0 fully saturated rings. The van der Waals surface area contributed by atoms with Crippen LogP contribution in [0.5, 0.6) is 0 Å². The van der Waals surface area contributed by atoms with E-state index in [9.17, 15) is 0 Å². The molecule has 0 aliphatic heterocycles. The maximum Gasteiger partial charge on any atom is 0.224 e. The van der Waals surface area contributed by atoms with Crippen LogP contribution in [0.25, 0.3) is 0 Å². The molecule has 1 rings (SSSR count). The number of hydrogen-bond acceptors (Lipinski definition) is 5. The lowest BCUT2D eigenvalue weighted by Crippen LogP contribution is -2.41. The molecule has 1 aromatic rings. The first-order valence-electron chi connectivity index (χ1n) is 5.65. The van der Waals surface area contributed by atoms with Gasteiger partial charge in [-0.1, -0.05) is 0 Å². The number of likely N-dealkylation sites (N-methyl/N-ethyl adjacent to an activating group) is 2. The first-order valence-corrected chi connectivity index (χ1v) is 6.02. The zero-order valence-corrected chi connectivity index (χ0v) is 11.6. The normalized spacial score (nSPS) is 12.8. The van der Waals surface area contributed by atoms with Crippen molar-refractivity contribution in [2.45, 2.75) is 19.9 Å². The molecule has 1 atom stereocenters. The van der Waals surface area contributed by atoms with Crippen molar-refractivity contribution >= 4 is 23.1 Å². The lowest BCUT2D eigenvalue weighted by molar-refractivity contribution is 0.372. The van der Waals surface area contributed by atoms with Gasteiger partial charge >= 0.3 is 0 Å². The Morgan fingerprint density at radius 3 is 2.65 bits per heavy atom. The minimum absolute atomic E-state index is 0.227. The van der Waals surface area contributed by atoms with Crippen LogP contribution in [0, 0.1) is 0 Å². The largest absolute Gasteiger partial charge is 0.394 e. The fourth-order valence-electron chi connectivity index (χ4n) is 1.89. The molecule has 1 unspecified atom stereocenters. The molecular formula is C11H20ClN5. The van der Waals surface area contributed by atoms with Crippen LogP contribution in [0.1, 0.15) is 13.8 Å².